The van der Waals surface area contributed by atoms with Crippen LogP contribution in [-0.2, 0) is 11.3 Å². The number of aromatic nitrogens is 1. The first kappa shape index (κ1) is 19.8. The predicted octanol–water partition coefficient (Wildman–Crippen LogP) is 4.87. The molecule has 0 amide bonds. The summed E-state index contributed by atoms with van der Waals surface area (Å²) in [7, 11) is 1.61. The van der Waals surface area contributed by atoms with E-state index in [0.717, 1.165) is 22.3 Å². The molecule has 28 heavy (non-hydrogen) atoms. The molecule has 1 aromatic heterocycles. The van der Waals surface area contributed by atoms with Crippen molar-refractivity contribution >= 4 is 39.6 Å². The first-order valence-electron chi connectivity index (χ1n) is 8.88. The van der Waals surface area contributed by atoms with Gasteiger partial charge in [-0.3, -0.25) is 0 Å². The molecule has 8 heteroatoms. The highest BCUT2D eigenvalue weighted by molar-refractivity contribution is 7.80. The van der Waals surface area contributed by atoms with Crippen molar-refractivity contribution in [3.8, 4) is 11.6 Å². The minimum absolute atomic E-state index is 0.0388. The number of ether oxygens (including phenoxy) is 2. The Kier molecular flexibility index (Phi) is 6.57. The number of fused-ring (bicyclic) bond motifs is 1. The second-order valence-electron chi connectivity index (χ2n) is 5.90. The number of rotatable bonds is 7. The van der Waals surface area contributed by atoms with Gasteiger partial charge in [-0.1, -0.05) is 18.2 Å². The maximum atomic E-state index is 10.6. The molecule has 7 nitrogen and oxygen atoms in total. The Balaban J connectivity index is 1.80. The van der Waals surface area contributed by atoms with E-state index < -0.39 is 0 Å². The summed E-state index contributed by atoms with van der Waals surface area (Å²) in [5.74, 6) is 0.791. The van der Waals surface area contributed by atoms with E-state index in [2.05, 4.69) is 15.5 Å². The van der Waals surface area contributed by atoms with E-state index in [1.165, 1.54) is 0 Å². The molecule has 0 radical (unpaired) electrons. The van der Waals surface area contributed by atoms with Gasteiger partial charge in [0.2, 0.25) is 11.0 Å². The van der Waals surface area contributed by atoms with Crippen molar-refractivity contribution in [3.63, 3.8) is 0 Å². The number of methoxy groups -OCH3 is 1. The predicted molar refractivity (Wildman–Crippen MR) is 114 cm³/mol. The Morgan fingerprint density at radius 2 is 1.93 bits per heavy atom. The summed E-state index contributed by atoms with van der Waals surface area (Å²) in [6.07, 6.45) is 0. The number of azo groups is 1. The van der Waals surface area contributed by atoms with E-state index in [1.54, 1.807) is 11.7 Å². The highest BCUT2D eigenvalue weighted by Crippen LogP contribution is 2.38. The molecule has 0 aliphatic carbocycles. The van der Waals surface area contributed by atoms with E-state index in [1.807, 2.05) is 55.5 Å². The Bertz CT molecular complexity index is 983. The molecule has 0 unspecified atom stereocenters. The quantitative estimate of drug-likeness (QED) is 0.337. The van der Waals surface area contributed by atoms with Crippen LogP contribution in [0.2, 0.25) is 0 Å². The van der Waals surface area contributed by atoms with E-state index >= 15 is 0 Å². The zero-order valence-corrected chi connectivity index (χ0v) is 16.6. The zero-order valence-electron chi connectivity index (χ0n) is 15.8. The van der Waals surface area contributed by atoms with Gasteiger partial charge >= 0.3 is 0 Å². The molecular formula is C20H22N4O3S. The summed E-state index contributed by atoms with van der Waals surface area (Å²) in [5, 5.41) is 22.9. The van der Waals surface area contributed by atoms with Gasteiger partial charge in [0, 0.05) is 24.2 Å². The van der Waals surface area contributed by atoms with Crippen LogP contribution in [0.5, 0.6) is 11.6 Å². The van der Waals surface area contributed by atoms with Crippen LogP contribution in [0.15, 0.2) is 58.8 Å². The first-order valence-corrected chi connectivity index (χ1v) is 9.29. The lowest BCUT2D eigenvalue weighted by Crippen LogP contribution is -2.05. The molecule has 3 aromatic rings. The Labute approximate surface area is 168 Å². The Hall–Kier alpha value is -2.97. The zero-order chi connectivity index (χ0) is 19.9. The second kappa shape index (κ2) is 9.29. The van der Waals surface area contributed by atoms with Crippen LogP contribution < -0.4 is 10.1 Å². The van der Waals surface area contributed by atoms with Crippen LogP contribution in [0.1, 0.15) is 6.92 Å². The van der Waals surface area contributed by atoms with Crippen molar-refractivity contribution in [3.05, 3.63) is 48.5 Å². The number of para-hydroxylation sites is 1. The lowest BCUT2D eigenvalue weighted by atomic mass is 10.2. The molecule has 0 saturated heterocycles. The third-order valence-electron chi connectivity index (χ3n) is 4.16. The average molecular weight is 398 g/mol. The molecule has 2 N–H and O–H groups in total. The molecule has 0 saturated carbocycles. The van der Waals surface area contributed by atoms with Crippen LogP contribution in [0.3, 0.4) is 0 Å². The number of nitrogens with one attached hydrogen (secondary N) is 1. The number of anilines is 1. The van der Waals surface area contributed by atoms with Crippen LogP contribution in [-0.4, -0.2) is 35.1 Å². The normalized spacial score (nSPS) is 11.2. The molecule has 3 rings (SSSR count). The number of aromatic hydroxyl groups is 1. The number of nitrogens with zero attached hydrogens (tertiary/aromatic N) is 3. The Morgan fingerprint density at radius 1 is 1.18 bits per heavy atom. The minimum Gasteiger partial charge on any atom is -0.497 e. The topological polar surface area (TPSA) is 80.4 Å². The molecule has 1 heterocycles. The van der Waals surface area contributed by atoms with E-state index in [9.17, 15) is 5.11 Å². The van der Waals surface area contributed by atoms with Crippen LogP contribution in [0.4, 0.5) is 11.4 Å². The van der Waals surface area contributed by atoms with Gasteiger partial charge in [0.15, 0.2) is 5.69 Å². The molecular weight excluding hydrogens is 376 g/mol. The molecule has 0 spiro atoms. The number of thiocarbonyl (C=S) groups is 1. The summed E-state index contributed by atoms with van der Waals surface area (Å²) in [5.41, 5.74) is 2.02. The minimum atomic E-state index is 0.0388. The van der Waals surface area contributed by atoms with Crippen LogP contribution in [0.25, 0.3) is 10.9 Å². The van der Waals surface area contributed by atoms with E-state index in [4.69, 9.17) is 21.7 Å². The molecule has 0 aliphatic rings. The maximum Gasteiger partial charge on any atom is 0.220 e. The van der Waals surface area contributed by atoms with Crippen molar-refractivity contribution in [2.75, 3.05) is 25.6 Å². The van der Waals surface area contributed by atoms with Crippen molar-refractivity contribution in [1.82, 2.24) is 4.57 Å². The van der Waals surface area contributed by atoms with E-state index in [0.29, 0.717) is 25.4 Å². The van der Waals surface area contributed by atoms with Gasteiger partial charge in [-0.05, 0) is 49.5 Å². The maximum absolute atomic E-state index is 10.6. The lowest BCUT2D eigenvalue weighted by Gasteiger charge is -2.06. The monoisotopic (exact) mass is 398 g/mol. The van der Waals surface area contributed by atoms with Crippen LogP contribution >= 0.6 is 12.2 Å². The van der Waals surface area contributed by atoms with Crippen molar-refractivity contribution in [2.24, 2.45) is 10.2 Å². The van der Waals surface area contributed by atoms with Crippen molar-refractivity contribution < 1.29 is 14.6 Å². The average Bonchev–Trinajstić information content (AvgIpc) is 2.98. The second-order valence-corrected chi connectivity index (χ2v) is 6.28. The van der Waals surface area contributed by atoms with Gasteiger partial charge < -0.3 is 24.5 Å². The summed E-state index contributed by atoms with van der Waals surface area (Å²) >= 11 is 5.24. The third kappa shape index (κ3) is 4.47. The molecule has 0 atom stereocenters. The van der Waals surface area contributed by atoms with Gasteiger partial charge in [0.25, 0.3) is 0 Å². The van der Waals surface area contributed by atoms with Crippen molar-refractivity contribution in [1.29, 1.82) is 0 Å². The molecule has 2 aromatic carbocycles. The molecule has 0 aliphatic heterocycles. The number of hydrogen-bond acceptors (Lipinski definition) is 5. The molecule has 146 valence electrons. The van der Waals surface area contributed by atoms with Gasteiger partial charge in [-0.15, -0.1) is 10.2 Å². The molecule has 0 bridgehead atoms. The lowest BCUT2D eigenvalue weighted by molar-refractivity contribution is 0.138. The summed E-state index contributed by atoms with van der Waals surface area (Å²) < 4.78 is 12.3. The summed E-state index contributed by atoms with van der Waals surface area (Å²) in [6.45, 7) is 3.57. The van der Waals surface area contributed by atoms with Gasteiger partial charge in [-0.2, -0.15) is 0 Å². The van der Waals surface area contributed by atoms with Gasteiger partial charge in [-0.25, -0.2) is 0 Å². The van der Waals surface area contributed by atoms with Crippen LogP contribution in [0, 0.1) is 0 Å². The fourth-order valence-corrected chi connectivity index (χ4v) is 2.97. The fourth-order valence-electron chi connectivity index (χ4n) is 2.81. The summed E-state index contributed by atoms with van der Waals surface area (Å²) in [4.78, 5) is 0. The summed E-state index contributed by atoms with van der Waals surface area (Å²) in [6, 6.07) is 14.9. The SMILES string of the molecule is CCOCCn1c(O)c(N=NC(=S)Nc2ccc(OC)cc2)c2ccccc21. The number of hydrogen-bond donors (Lipinski definition) is 2. The number of benzene rings is 2. The standard InChI is InChI=1S/C20H22N4O3S/c1-3-27-13-12-24-17-7-5-4-6-16(17)18(19(24)25)22-23-20(28)21-14-8-10-15(26-2)11-9-14/h4-11,25H,3,12-13H2,1-2H3,(H,21,28). The molecule has 0 fully saturated rings. The smallest absolute Gasteiger partial charge is 0.220 e. The largest absolute Gasteiger partial charge is 0.497 e. The Morgan fingerprint density at radius 3 is 2.64 bits per heavy atom. The van der Waals surface area contributed by atoms with Gasteiger partial charge in [0.1, 0.15) is 5.75 Å². The first-order chi connectivity index (χ1) is 13.6. The fraction of sp³-hybridized carbons (Fsp3) is 0.250. The van der Waals surface area contributed by atoms with E-state index in [-0.39, 0.29) is 11.0 Å². The third-order valence-corrected chi connectivity index (χ3v) is 4.35. The highest BCUT2D eigenvalue weighted by atomic mass is 32.1. The highest BCUT2D eigenvalue weighted by Gasteiger charge is 2.16. The van der Waals surface area contributed by atoms with Crippen molar-refractivity contribution in [2.45, 2.75) is 13.5 Å². The van der Waals surface area contributed by atoms with Gasteiger partial charge in [0.05, 0.1) is 19.2 Å².